The van der Waals surface area contributed by atoms with Gasteiger partial charge in [-0.1, -0.05) is 0 Å². The topological polar surface area (TPSA) is 106 Å². The number of nitrogens with two attached hydrogens (primary N) is 2. The van der Waals surface area contributed by atoms with Gasteiger partial charge in [-0.2, -0.15) is 0 Å². The van der Waals surface area contributed by atoms with Crippen LogP contribution in [0.25, 0.3) is 0 Å². The molecule has 6 nitrogen and oxygen atoms in total. The van der Waals surface area contributed by atoms with Gasteiger partial charge in [-0.05, 0) is 30.7 Å². The van der Waals surface area contributed by atoms with E-state index in [0.717, 1.165) is 11.8 Å². The largest absolute Gasteiger partial charge is 0.368 e. The quantitative estimate of drug-likeness (QED) is 0.668. The Bertz CT molecular complexity index is 469. The average molecular weight is 249 g/mol. The van der Waals surface area contributed by atoms with Crippen LogP contribution in [0.1, 0.15) is 15.9 Å². The molecule has 4 N–H and O–H groups in total. The van der Waals surface area contributed by atoms with Crippen LogP contribution in [-0.2, 0) is 9.59 Å². The monoisotopic (exact) mass is 249 g/mol. The average Bonchev–Trinajstić information content (AvgIpc) is 2.26. The molecule has 0 atom stereocenters. The summed E-state index contributed by atoms with van der Waals surface area (Å²) in [6.07, 6.45) is 0.725. The molecule has 0 aliphatic heterocycles. The summed E-state index contributed by atoms with van der Waals surface area (Å²) in [7, 11) is 0. The number of benzene rings is 1. The van der Waals surface area contributed by atoms with Gasteiger partial charge in [-0.3, -0.25) is 14.4 Å². The maximum Gasteiger partial charge on any atom is 0.236 e. The Hall–Kier alpha value is -2.37. The molecule has 0 fully saturated rings. The zero-order valence-corrected chi connectivity index (χ0v) is 10.1. The fraction of sp³-hybridized carbons (Fsp3) is 0.250. The van der Waals surface area contributed by atoms with E-state index in [1.54, 1.807) is 25.1 Å². The summed E-state index contributed by atoms with van der Waals surface area (Å²) in [6, 6.07) is 4.92. The standard InChI is InChI=1S/C12H15N3O3/c1-8-4-9(7-16)2-3-10(8)15(5-11(13)17)6-12(14)18/h2-4,7H,5-6H2,1H3,(H2,13,17)(H2,14,18). The van der Waals surface area contributed by atoms with E-state index >= 15 is 0 Å². The van der Waals surface area contributed by atoms with Crippen LogP contribution in [-0.4, -0.2) is 31.2 Å². The van der Waals surface area contributed by atoms with E-state index in [4.69, 9.17) is 11.5 Å². The third-order valence-electron chi connectivity index (χ3n) is 2.39. The van der Waals surface area contributed by atoms with Crippen molar-refractivity contribution < 1.29 is 14.4 Å². The van der Waals surface area contributed by atoms with E-state index in [0.29, 0.717) is 11.3 Å². The van der Waals surface area contributed by atoms with Crippen molar-refractivity contribution in [2.24, 2.45) is 11.5 Å². The van der Waals surface area contributed by atoms with E-state index < -0.39 is 11.8 Å². The molecule has 1 rings (SSSR count). The third kappa shape index (κ3) is 3.58. The highest BCUT2D eigenvalue weighted by Gasteiger charge is 2.14. The number of carbonyl (C=O) groups is 3. The highest BCUT2D eigenvalue weighted by molar-refractivity contribution is 5.86. The maximum atomic E-state index is 11.0. The maximum absolute atomic E-state index is 11.0. The minimum absolute atomic E-state index is 0.107. The van der Waals surface area contributed by atoms with Gasteiger partial charge in [-0.15, -0.1) is 0 Å². The molecule has 0 spiro atoms. The minimum atomic E-state index is -0.560. The van der Waals surface area contributed by atoms with Gasteiger partial charge >= 0.3 is 0 Å². The molecule has 0 saturated heterocycles. The molecule has 0 aliphatic carbocycles. The summed E-state index contributed by atoms with van der Waals surface area (Å²) < 4.78 is 0. The van der Waals surface area contributed by atoms with Crippen molar-refractivity contribution in [2.75, 3.05) is 18.0 Å². The van der Waals surface area contributed by atoms with Crippen molar-refractivity contribution in [3.63, 3.8) is 0 Å². The normalized spacial score (nSPS) is 9.83. The Balaban J connectivity index is 3.07. The van der Waals surface area contributed by atoms with E-state index in [1.807, 2.05) is 0 Å². The van der Waals surface area contributed by atoms with Crippen LogP contribution in [0.15, 0.2) is 18.2 Å². The predicted molar refractivity (Wildman–Crippen MR) is 67.2 cm³/mol. The highest BCUT2D eigenvalue weighted by atomic mass is 16.2. The molecule has 18 heavy (non-hydrogen) atoms. The summed E-state index contributed by atoms with van der Waals surface area (Å²) in [5, 5.41) is 0. The molecule has 6 heteroatoms. The number of nitrogens with zero attached hydrogens (tertiary/aromatic N) is 1. The predicted octanol–water partition coefficient (Wildman–Crippen LogP) is -0.415. The number of anilines is 1. The zero-order chi connectivity index (χ0) is 13.7. The van der Waals surface area contributed by atoms with Crippen LogP contribution in [0, 0.1) is 6.92 Å². The first-order valence-electron chi connectivity index (χ1n) is 5.31. The van der Waals surface area contributed by atoms with E-state index in [1.165, 1.54) is 4.90 Å². The molecule has 0 heterocycles. The molecule has 0 aromatic heterocycles. The van der Waals surface area contributed by atoms with Gasteiger partial charge in [0, 0.05) is 11.3 Å². The number of hydrogen-bond donors (Lipinski definition) is 2. The molecular formula is C12H15N3O3. The first-order chi connectivity index (χ1) is 8.43. The number of aldehydes is 1. The van der Waals surface area contributed by atoms with Crippen molar-refractivity contribution in [2.45, 2.75) is 6.92 Å². The lowest BCUT2D eigenvalue weighted by Gasteiger charge is -2.23. The second kappa shape index (κ2) is 5.81. The van der Waals surface area contributed by atoms with Crippen molar-refractivity contribution in [3.8, 4) is 0 Å². The molecule has 2 amide bonds. The first kappa shape index (κ1) is 13.7. The molecular weight excluding hydrogens is 234 g/mol. The third-order valence-corrected chi connectivity index (χ3v) is 2.39. The van der Waals surface area contributed by atoms with Gasteiger partial charge in [0.1, 0.15) is 6.29 Å². The van der Waals surface area contributed by atoms with Gasteiger partial charge < -0.3 is 16.4 Å². The number of aryl methyl sites for hydroxylation is 1. The van der Waals surface area contributed by atoms with Crippen LogP contribution in [0.4, 0.5) is 5.69 Å². The van der Waals surface area contributed by atoms with Crippen molar-refractivity contribution in [3.05, 3.63) is 29.3 Å². The number of carbonyl (C=O) groups excluding carboxylic acids is 3. The van der Waals surface area contributed by atoms with E-state index in [-0.39, 0.29) is 13.1 Å². The smallest absolute Gasteiger partial charge is 0.236 e. The number of rotatable bonds is 6. The first-order valence-corrected chi connectivity index (χ1v) is 5.31. The van der Waals surface area contributed by atoms with Crippen LogP contribution in [0.2, 0.25) is 0 Å². The molecule has 0 aliphatic rings. The lowest BCUT2D eigenvalue weighted by Crippen LogP contribution is -2.40. The van der Waals surface area contributed by atoms with Gasteiger partial charge in [-0.25, -0.2) is 0 Å². The second-order valence-electron chi connectivity index (χ2n) is 3.95. The number of hydrogen-bond acceptors (Lipinski definition) is 4. The Morgan fingerprint density at radius 1 is 1.22 bits per heavy atom. The molecule has 1 aromatic rings. The number of amides is 2. The Kier molecular flexibility index (Phi) is 4.42. The van der Waals surface area contributed by atoms with Crippen molar-refractivity contribution >= 4 is 23.8 Å². The fourth-order valence-corrected chi connectivity index (χ4v) is 1.71. The number of primary amides is 2. The van der Waals surface area contributed by atoms with Gasteiger partial charge in [0.05, 0.1) is 13.1 Å². The fourth-order valence-electron chi connectivity index (χ4n) is 1.71. The Labute approximate surface area is 105 Å². The minimum Gasteiger partial charge on any atom is -0.368 e. The van der Waals surface area contributed by atoms with Crippen LogP contribution < -0.4 is 16.4 Å². The van der Waals surface area contributed by atoms with Crippen molar-refractivity contribution in [1.29, 1.82) is 0 Å². The summed E-state index contributed by atoms with van der Waals surface area (Å²) in [5.41, 5.74) is 12.2. The van der Waals surface area contributed by atoms with E-state index in [2.05, 4.69) is 0 Å². The molecule has 0 radical (unpaired) electrons. The summed E-state index contributed by atoms with van der Waals surface area (Å²) >= 11 is 0. The molecule has 1 aromatic carbocycles. The Morgan fingerprint density at radius 3 is 2.17 bits per heavy atom. The molecule has 96 valence electrons. The molecule has 0 unspecified atom stereocenters. The van der Waals surface area contributed by atoms with Gasteiger partial charge in [0.2, 0.25) is 11.8 Å². The molecule has 0 bridgehead atoms. The van der Waals surface area contributed by atoms with Crippen molar-refractivity contribution in [1.82, 2.24) is 0 Å². The van der Waals surface area contributed by atoms with Crippen LogP contribution in [0.3, 0.4) is 0 Å². The highest BCUT2D eigenvalue weighted by Crippen LogP contribution is 2.20. The summed E-state index contributed by atoms with van der Waals surface area (Å²) in [5.74, 6) is -1.12. The van der Waals surface area contributed by atoms with Crippen LogP contribution in [0.5, 0.6) is 0 Å². The molecule has 0 saturated carbocycles. The van der Waals surface area contributed by atoms with Crippen LogP contribution >= 0.6 is 0 Å². The zero-order valence-electron chi connectivity index (χ0n) is 10.1. The summed E-state index contributed by atoms with van der Waals surface area (Å²) in [4.78, 5) is 34.1. The summed E-state index contributed by atoms with van der Waals surface area (Å²) in [6.45, 7) is 1.56. The lowest BCUT2D eigenvalue weighted by atomic mass is 10.1. The van der Waals surface area contributed by atoms with E-state index in [9.17, 15) is 14.4 Å². The van der Waals surface area contributed by atoms with Gasteiger partial charge in [0.15, 0.2) is 0 Å². The SMILES string of the molecule is Cc1cc(C=O)ccc1N(CC(N)=O)CC(N)=O. The van der Waals surface area contributed by atoms with Gasteiger partial charge in [0.25, 0.3) is 0 Å². The second-order valence-corrected chi connectivity index (χ2v) is 3.95. The Morgan fingerprint density at radius 2 is 1.78 bits per heavy atom. The lowest BCUT2D eigenvalue weighted by molar-refractivity contribution is -0.117.